The summed E-state index contributed by atoms with van der Waals surface area (Å²) in [6.45, 7) is 2.48. The third-order valence-corrected chi connectivity index (χ3v) is 6.11. The second-order valence-electron chi connectivity index (χ2n) is 7.30. The van der Waals surface area contributed by atoms with Crippen molar-refractivity contribution < 1.29 is 9.53 Å². The van der Waals surface area contributed by atoms with Gasteiger partial charge in [-0.25, -0.2) is 15.0 Å². The van der Waals surface area contributed by atoms with Gasteiger partial charge in [0.15, 0.2) is 10.9 Å². The van der Waals surface area contributed by atoms with Gasteiger partial charge in [-0.15, -0.1) is 11.3 Å². The predicted molar refractivity (Wildman–Crippen MR) is 118 cm³/mol. The van der Waals surface area contributed by atoms with E-state index in [1.807, 2.05) is 43.5 Å². The van der Waals surface area contributed by atoms with Crippen LogP contribution in [0.1, 0.15) is 33.0 Å². The molecule has 3 aromatic heterocycles. The van der Waals surface area contributed by atoms with Gasteiger partial charge in [-0.3, -0.25) is 9.48 Å². The monoisotopic (exact) mass is 432 g/mol. The van der Waals surface area contributed by atoms with E-state index >= 15 is 0 Å². The van der Waals surface area contributed by atoms with Crippen molar-refractivity contribution in [3.05, 3.63) is 64.6 Å². The fourth-order valence-corrected chi connectivity index (χ4v) is 4.50. The Bertz CT molecular complexity index is 1260. The van der Waals surface area contributed by atoms with Gasteiger partial charge in [0.2, 0.25) is 5.95 Å². The van der Waals surface area contributed by atoms with Crippen molar-refractivity contribution in [3.8, 4) is 17.0 Å². The average molecular weight is 433 g/mol. The minimum atomic E-state index is 0.0465. The first kappa shape index (κ1) is 19.4. The highest BCUT2D eigenvalue weighted by molar-refractivity contribution is 7.16. The minimum Gasteiger partial charge on any atom is -0.497 e. The molecule has 0 spiro atoms. The lowest BCUT2D eigenvalue weighted by atomic mass is 10.1. The van der Waals surface area contributed by atoms with Crippen molar-refractivity contribution in [1.82, 2.24) is 24.7 Å². The van der Waals surface area contributed by atoms with Gasteiger partial charge in [0.05, 0.1) is 24.9 Å². The Morgan fingerprint density at radius 2 is 1.97 bits per heavy atom. The summed E-state index contributed by atoms with van der Waals surface area (Å²) in [5.74, 6) is 1.36. The Hall–Kier alpha value is -3.59. The summed E-state index contributed by atoms with van der Waals surface area (Å²) in [5, 5.41) is 8.48. The molecule has 1 aliphatic carbocycles. The van der Waals surface area contributed by atoms with Crippen LogP contribution < -0.4 is 10.1 Å². The Labute approximate surface area is 183 Å². The van der Waals surface area contributed by atoms with Crippen molar-refractivity contribution >= 4 is 28.2 Å². The van der Waals surface area contributed by atoms with Gasteiger partial charge < -0.3 is 10.1 Å². The Kier molecular flexibility index (Phi) is 4.95. The topological polar surface area (TPSA) is 94.8 Å². The van der Waals surface area contributed by atoms with Crippen LogP contribution in [0.5, 0.6) is 5.75 Å². The molecule has 0 unspecified atom stereocenters. The standard InChI is InChI=1S/C22H20N6O2S/c1-13-9-10-23-21(24-13)26-22-25-20-16-12-28(11-14-3-5-15(30-2)6-4-14)27-19(16)17(29)7-8-18(20)31-22/h3-6,9-10,12H,7-8,11H2,1-2H3,(H,23,24,25,26). The number of methoxy groups -OCH3 is 1. The number of aromatic nitrogens is 5. The van der Waals surface area contributed by atoms with Gasteiger partial charge in [-0.05, 0) is 37.1 Å². The van der Waals surface area contributed by atoms with Gasteiger partial charge >= 0.3 is 0 Å². The smallest absolute Gasteiger partial charge is 0.229 e. The summed E-state index contributed by atoms with van der Waals surface area (Å²) < 4.78 is 7.02. The number of aryl methyl sites for hydroxylation is 2. The van der Waals surface area contributed by atoms with E-state index in [1.165, 1.54) is 11.3 Å². The van der Waals surface area contributed by atoms with Crippen LogP contribution >= 0.6 is 11.3 Å². The Balaban J connectivity index is 1.46. The molecule has 156 valence electrons. The van der Waals surface area contributed by atoms with Crippen molar-refractivity contribution in [2.75, 3.05) is 12.4 Å². The molecule has 31 heavy (non-hydrogen) atoms. The lowest BCUT2D eigenvalue weighted by molar-refractivity contribution is 0.0979. The molecule has 0 saturated carbocycles. The third kappa shape index (κ3) is 3.91. The maximum Gasteiger partial charge on any atom is 0.229 e. The van der Waals surface area contributed by atoms with Crippen LogP contribution in [-0.2, 0) is 13.0 Å². The maximum atomic E-state index is 12.7. The molecule has 0 fully saturated rings. The first-order valence-corrected chi connectivity index (χ1v) is 10.7. The van der Waals surface area contributed by atoms with Crippen LogP contribution in [0.15, 0.2) is 42.7 Å². The number of carbonyl (C=O) groups excluding carboxylic acids is 1. The first-order valence-electron chi connectivity index (χ1n) is 9.89. The molecule has 8 nitrogen and oxygen atoms in total. The number of nitrogens with zero attached hydrogens (tertiary/aromatic N) is 5. The van der Waals surface area contributed by atoms with Gasteiger partial charge in [0.1, 0.15) is 11.4 Å². The number of fused-ring (bicyclic) bond motifs is 3. The molecule has 0 aliphatic heterocycles. The van der Waals surface area contributed by atoms with Crippen molar-refractivity contribution in [3.63, 3.8) is 0 Å². The van der Waals surface area contributed by atoms with Crippen LogP contribution in [0.25, 0.3) is 11.3 Å². The largest absolute Gasteiger partial charge is 0.497 e. The molecule has 3 heterocycles. The highest BCUT2D eigenvalue weighted by Crippen LogP contribution is 2.37. The second-order valence-corrected chi connectivity index (χ2v) is 8.38. The molecule has 0 atom stereocenters. The molecule has 0 radical (unpaired) electrons. The van der Waals surface area contributed by atoms with Crippen LogP contribution in [0.4, 0.5) is 11.1 Å². The van der Waals surface area contributed by atoms with Gasteiger partial charge in [-0.1, -0.05) is 12.1 Å². The number of rotatable bonds is 5. The lowest BCUT2D eigenvalue weighted by Crippen LogP contribution is -2.05. The molecule has 0 bridgehead atoms. The van der Waals surface area contributed by atoms with Crippen LogP contribution in [0, 0.1) is 6.92 Å². The van der Waals surface area contributed by atoms with Gasteiger partial charge in [0.25, 0.3) is 0 Å². The SMILES string of the molecule is COc1ccc(Cn2cc3c(n2)C(=O)CCc2sc(Nc4nccc(C)n4)nc2-3)cc1. The summed E-state index contributed by atoms with van der Waals surface area (Å²) in [4.78, 5) is 27.1. The number of anilines is 2. The number of nitrogens with one attached hydrogen (secondary N) is 1. The summed E-state index contributed by atoms with van der Waals surface area (Å²) >= 11 is 1.53. The summed E-state index contributed by atoms with van der Waals surface area (Å²) in [6.07, 6.45) is 4.69. The average Bonchev–Trinajstić information content (AvgIpc) is 3.34. The molecule has 5 rings (SSSR count). The number of hydrogen-bond donors (Lipinski definition) is 1. The van der Waals surface area contributed by atoms with Crippen LogP contribution in [0.3, 0.4) is 0 Å². The van der Waals surface area contributed by atoms with Crippen LogP contribution in [0.2, 0.25) is 0 Å². The zero-order chi connectivity index (χ0) is 21.4. The number of hydrogen-bond acceptors (Lipinski definition) is 8. The fraction of sp³-hybridized carbons (Fsp3) is 0.227. The zero-order valence-electron chi connectivity index (χ0n) is 17.1. The Morgan fingerprint density at radius 3 is 2.74 bits per heavy atom. The number of Topliss-reactive ketones (excluding diaryl/α,β-unsaturated/α-hetero) is 1. The molecular formula is C22H20N6O2S. The van der Waals surface area contributed by atoms with E-state index in [0.717, 1.165) is 33.1 Å². The number of carbonyl (C=O) groups is 1. The van der Waals surface area contributed by atoms with E-state index < -0.39 is 0 Å². The molecule has 0 saturated heterocycles. The molecule has 9 heteroatoms. The highest BCUT2D eigenvalue weighted by Gasteiger charge is 2.27. The van der Waals surface area contributed by atoms with E-state index in [0.29, 0.717) is 36.2 Å². The summed E-state index contributed by atoms with van der Waals surface area (Å²) in [5.41, 5.74) is 4.02. The molecular weight excluding hydrogens is 412 g/mol. The van der Waals surface area contributed by atoms with Crippen molar-refractivity contribution in [1.29, 1.82) is 0 Å². The zero-order valence-corrected chi connectivity index (χ0v) is 17.9. The number of thiazole rings is 1. The number of ether oxygens (including phenoxy) is 1. The fourth-order valence-electron chi connectivity index (χ4n) is 3.53. The van der Waals surface area contributed by atoms with Crippen molar-refractivity contribution in [2.45, 2.75) is 26.3 Å². The second kappa shape index (κ2) is 7.92. The van der Waals surface area contributed by atoms with Gasteiger partial charge in [-0.2, -0.15) is 5.10 Å². The van der Waals surface area contributed by atoms with Crippen molar-refractivity contribution in [2.24, 2.45) is 0 Å². The van der Waals surface area contributed by atoms with Crippen LogP contribution in [-0.4, -0.2) is 37.6 Å². The normalized spacial score (nSPS) is 12.8. The number of benzene rings is 1. The molecule has 4 aromatic rings. The first-order chi connectivity index (χ1) is 15.1. The quantitative estimate of drug-likeness (QED) is 0.509. The van der Waals surface area contributed by atoms with E-state index in [1.54, 1.807) is 18.0 Å². The predicted octanol–water partition coefficient (Wildman–Crippen LogP) is 4.03. The summed E-state index contributed by atoms with van der Waals surface area (Å²) in [6, 6.07) is 9.66. The van der Waals surface area contributed by atoms with E-state index in [-0.39, 0.29) is 5.78 Å². The molecule has 1 N–H and O–H groups in total. The third-order valence-electron chi connectivity index (χ3n) is 5.07. The summed E-state index contributed by atoms with van der Waals surface area (Å²) in [7, 11) is 1.64. The van der Waals surface area contributed by atoms with E-state index in [9.17, 15) is 4.79 Å². The molecule has 1 aromatic carbocycles. The number of ketones is 1. The molecule has 1 aliphatic rings. The molecule has 0 amide bonds. The Morgan fingerprint density at radius 1 is 1.13 bits per heavy atom. The maximum absolute atomic E-state index is 12.7. The van der Waals surface area contributed by atoms with E-state index in [4.69, 9.17) is 9.72 Å². The highest BCUT2D eigenvalue weighted by atomic mass is 32.1. The lowest BCUT2D eigenvalue weighted by Gasteiger charge is -2.04. The minimum absolute atomic E-state index is 0.0465. The van der Waals surface area contributed by atoms with E-state index in [2.05, 4.69) is 20.4 Å². The van der Waals surface area contributed by atoms with Gasteiger partial charge in [0, 0.05) is 29.4 Å².